The number of carbonyl (C=O) groups is 1. The maximum absolute atomic E-state index is 12.1. The van der Waals surface area contributed by atoms with E-state index in [0.717, 1.165) is 12.2 Å². The number of nitrogens with zero attached hydrogens (tertiary/aromatic N) is 1. The van der Waals surface area contributed by atoms with Gasteiger partial charge >= 0.3 is 0 Å². The highest BCUT2D eigenvalue weighted by molar-refractivity contribution is 5.76. The van der Waals surface area contributed by atoms with Gasteiger partial charge in [-0.2, -0.15) is 0 Å². The molecule has 1 heterocycles. The molecule has 0 N–H and O–H groups in total. The molecule has 0 radical (unpaired) electrons. The number of amides is 1. The molecule has 1 amide bonds. The first-order chi connectivity index (χ1) is 9.65. The van der Waals surface area contributed by atoms with Crippen molar-refractivity contribution in [1.29, 1.82) is 0 Å². The van der Waals surface area contributed by atoms with Gasteiger partial charge in [0.25, 0.3) is 0 Å². The normalized spacial score (nSPS) is 22.6. The predicted octanol–water partition coefficient (Wildman–Crippen LogP) is 2.48. The van der Waals surface area contributed by atoms with E-state index >= 15 is 0 Å². The van der Waals surface area contributed by atoms with Crippen LogP contribution in [-0.2, 0) is 9.53 Å². The Morgan fingerprint density at radius 3 is 2.55 bits per heavy atom. The lowest BCUT2D eigenvalue weighted by atomic mass is 10.2. The van der Waals surface area contributed by atoms with Crippen LogP contribution in [0, 0.1) is 0 Å². The van der Waals surface area contributed by atoms with Gasteiger partial charge in [-0.15, -0.1) is 0 Å². The molecule has 0 aromatic heterocycles. The summed E-state index contributed by atoms with van der Waals surface area (Å²) in [6.45, 7) is 5.99. The Hall–Kier alpha value is -1.55. The third kappa shape index (κ3) is 4.53. The van der Waals surface area contributed by atoms with Crippen LogP contribution in [0.15, 0.2) is 30.3 Å². The van der Waals surface area contributed by atoms with E-state index in [2.05, 4.69) is 0 Å². The van der Waals surface area contributed by atoms with E-state index in [9.17, 15) is 4.79 Å². The molecule has 1 fully saturated rings. The minimum Gasteiger partial charge on any atom is -0.494 e. The molecular weight excluding hydrogens is 254 g/mol. The number of ether oxygens (including phenoxy) is 2. The minimum absolute atomic E-state index is 0.128. The van der Waals surface area contributed by atoms with E-state index in [1.807, 2.05) is 49.1 Å². The fraction of sp³-hybridized carbons (Fsp3) is 0.562. The standard InChI is InChI=1S/C16H23NO3/c1-13-11-17(12-14(2)20-13)16(18)9-6-10-19-15-7-4-3-5-8-15/h3-5,7-8,13-14H,6,9-12H2,1-2H3/t13-,14-/m1/s1. The molecule has 20 heavy (non-hydrogen) atoms. The third-order valence-electron chi connectivity index (χ3n) is 3.32. The highest BCUT2D eigenvalue weighted by Gasteiger charge is 2.25. The van der Waals surface area contributed by atoms with Crippen molar-refractivity contribution in [3.63, 3.8) is 0 Å². The van der Waals surface area contributed by atoms with E-state index in [1.165, 1.54) is 0 Å². The molecule has 1 saturated heterocycles. The molecule has 1 aromatic rings. The van der Waals surface area contributed by atoms with E-state index in [-0.39, 0.29) is 18.1 Å². The Labute approximate surface area is 120 Å². The molecular formula is C16H23NO3. The zero-order valence-corrected chi connectivity index (χ0v) is 12.2. The summed E-state index contributed by atoms with van der Waals surface area (Å²) in [6, 6.07) is 9.69. The third-order valence-corrected chi connectivity index (χ3v) is 3.32. The summed E-state index contributed by atoms with van der Waals surface area (Å²) >= 11 is 0. The van der Waals surface area contributed by atoms with Crippen LogP contribution in [0.1, 0.15) is 26.7 Å². The number of morpholine rings is 1. The molecule has 1 aliphatic rings. The first-order valence-corrected chi connectivity index (χ1v) is 7.26. The summed E-state index contributed by atoms with van der Waals surface area (Å²) < 4.78 is 11.2. The second kappa shape index (κ2) is 7.29. The molecule has 110 valence electrons. The monoisotopic (exact) mass is 277 g/mol. The van der Waals surface area contributed by atoms with Crippen LogP contribution in [0.2, 0.25) is 0 Å². The Kier molecular flexibility index (Phi) is 5.41. The van der Waals surface area contributed by atoms with Crippen LogP contribution in [0.25, 0.3) is 0 Å². The van der Waals surface area contributed by atoms with E-state index in [4.69, 9.17) is 9.47 Å². The van der Waals surface area contributed by atoms with Crippen LogP contribution >= 0.6 is 0 Å². The molecule has 4 nitrogen and oxygen atoms in total. The van der Waals surface area contributed by atoms with Crippen molar-refractivity contribution in [2.45, 2.75) is 38.9 Å². The van der Waals surface area contributed by atoms with Crippen molar-refractivity contribution in [2.75, 3.05) is 19.7 Å². The predicted molar refractivity (Wildman–Crippen MR) is 77.8 cm³/mol. The average molecular weight is 277 g/mol. The van der Waals surface area contributed by atoms with Crippen molar-refractivity contribution in [3.8, 4) is 5.75 Å². The second-order valence-corrected chi connectivity index (χ2v) is 5.32. The van der Waals surface area contributed by atoms with Gasteiger partial charge < -0.3 is 14.4 Å². The fourth-order valence-electron chi connectivity index (χ4n) is 2.47. The molecule has 1 aromatic carbocycles. The van der Waals surface area contributed by atoms with Crippen molar-refractivity contribution < 1.29 is 14.3 Å². The maximum atomic E-state index is 12.1. The number of carbonyl (C=O) groups excluding carboxylic acids is 1. The van der Waals surface area contributed by atoms with Crippen molar-refractivity contribution >= 4 is 5.91 Å². The first kappa shape index (κ1) is 14.9. The van der Waals surface area contributed by atoms with Crippen LogP contribution < -0.4 is 4.74 Å². The lowest BCUT2D eigenvalue weighted by Crippen LogP contribution is -2.48. The number of benzene rings is 1. The van der Waals surface area contributed by atoms with E-state index in [1.54, 1.807) is 0 Å². The molecule has 0 saturated carbocycles. The second-order valence-electron chi connectivity index (χ2n) is 5.32. The average Bonchev–Trinajstić information content (AvgIpc) is 2.43. The largest absolute Gasteiger partial charge is 0.494 e. The highest BCUT2D eigenvalue weighted by atomic mass is 16.5. The van der Waals surface area contributed by atoms with Gasteiger partial charge in [0.15, 0.2) is 0 Å². The van der Waals surface area contributed by atoms with E-state index in [0.29, 0.717) is 26.1 Å². The molecule has 4 heteroatoms. The van der Waals surface area contributed by atoms with Gasteiger partial charge in [-0.25, -0.2) is 0 Å². The highest BCUT2D eigenvalue weighted by Crippen LogP contribution is 2.13. The lowest BCUT2D eigenvalue weighted by Gasteiger charge is -2.35. The number of rotatable bonds is 5. The SMILES string of the molecule is C[C@@H]1CN(C(=O)CCCOc2ccccc2)C[C@@H](C)O1. The molecule has 0 unspecified atom stereocenters. The van der Waals surface area contributed by atoms with E-state index < -0.39 is 0 Å². The molecule has 2 rings (SSSR count). The summed E-state index contributed by atoms with van der Waals surface area (Å²) in [6.07, 6.45) is 1.53. The van der Waals surface area contributed by atoms with Crippen LogP contribution in [0.4, 0.5) is 0 Å². The van der Waals surface area contributed by atoms with Gasteiger partial charge in [-0.1, -0.05) is 18.2 Å². The minimum atomic E-state index is 0.128. The van der Waals surface area contributed by atoms with Gasteiger partial charge in [0.2, 0.25) is 5.91 Å². The number of hydrogen-bond donors (Lipinski definition) is 0. The molecule has 1 aliphatic heterocycles. The van der Waals surface area contributed by atoms with Crippen molar-refractivity contribution in [1.82, 2.24) is 4.90 Å². The molecule has 0 bridgehead atoms. The molecule has 0 aliphatic carbocycles. The Bertz CT molecular complexity index is 411. The van der Waals surface area contributed by atoms with Crippen molar-refractivity contribution in [3.05, 3.63) is 30.3 Å². The summed E-state index contributed by atoms with van der Waals surface area (Å²) in [5.74, 6) is 1.05. The zero-order chi connectivity index (χ0) is 14.4. The fourth-order valence-corrected chi connectivity index (χ4v) is 2.47. The Morgan fingerprint density at radius 2 is 1.90 bits per heavy atom. The smallest absolute Gasteiger partial charge is 0.222 e. The summed E-state index contributed by atoms with van der Waals surface area (Å²) in [7, 11) is 0. The number of para-hydroxylation sites is 1. The van der Waals surface area contributed by atoms with Crippen LogP contribution in [-0.4, -0.2) is 42.7 Å². The van der Waals surface area contributed by atoms with Crippen LogP contribution in [0.5, 0.6) is 5.75 Å². The lowest BCUT2D eigenvalue weighted by molar-refractivity contribution is -0.143. The summed E-state index contributed by atoms with van der Waals surface area (Å²) in [4.78, 5) is 14.0. The Morgan fingerprint density at radius 1 is 1.25 bits per heavy atom. The van der Waals surface area contributed by atoms with Gasteiger partial charge in [-0.3, -0.25) is 4.79 Å². The zero-order valence-electron chi connectivity index (χ0n) is 12.2. The molecule has 2 atom stereocenters. The van der Waals surface area contributed by atoms with Crippen molar-refractivity contribution in [2.24, 2.45) is 0 Å². The first-order valence-electron chi connectivity index (χ1n) is 7.26. The van der Waals surface area contributed by atoms with Gasteiger partial charge in [-0.05, 0) is 32.4 Å². The van der Waals surface area contributed by atoms with Gasteiger partial charge in [0.1, 0.15) is 5.75 Å². The molecule has 0 spiro atoms. The topological polar surface area (TPSA) is 38.8 Å². The quantitative estimate of drug-likeness (QED) is 0.776. The van der Waals surface area contributed by atoms with Gasteiger partial charge in [0.05, 0.1) is 18.8 Å². The van der Waals surface area contributed by atoms with Crippen LogP contribution in [0.3, 0.4) is 0 Å². The Balaban J connectivity index is 1.67. The number of hydrogen-bond acceptors (Lipinski definition) is 3. The summed E-state index contributed by atoms with van der Waals surface area (Å²) in [5.41, 5.74) is 0. The van der Waals surface area contributed by atoms with Gasteiger partial charge in [0, 0.05) is 19.5 Å². The maximum Gasteiger partial charge on any atom is 0.222 e. The summed E-state index contributed by atoms with van der Waals surface area (Å²) in [5, 5.41) is 0.